The van der Waals surface area contributed by atoms with Gasteiger partial charge in [0.1, 0.15) is 17.3 Å². The zero-order valence-electron chi connectivity index (χ0n) is 19.1. The lowest BCUT2D eigenvalue weighted by Crippen LogP contribution is -2.25. The molecular weight excluding hydrogens is 414 g/mol. The molecule has 0 bridgehead atoms. The molecule has 1 fully saturated rings. The quantitative estimate of drug-likeness (QED) is 0.426. The minimum absolute atomic E-state index is 0.0220. The average Bonchev–Trinajstić information content (AvgIpc) is 3.40. The molecule has 0 unspecified atom stereocenters. The lowest BCUT2D eigenvalue weighted by Gasteiger charge is -2.20. The van der Waals surface area contributed by atoms with Crippen LogP contribution >= 0.6 is 0 Å². The van der Waals surface area contributed by atoms with E-state index in [9.17, 15) is 4.79 Å². The Morgan fingerprint density at radius 2 is 1.79 bits per heavy atom. The fourth-order valence-electron chi connectivity index (χ4n) is 4.57. The van der Waals surface area contributed by atoms with Crippen LogP contribution < -0.4 is 14.4 Å². The number of amides is 1. The van der Waals surface area contributed by atoms with Crippen molar-refractivity contribution in [2.75, 3.05) is 25.7 Å². The Balaban J connectivity index is 1.52. The highest BCUT2D eigenvalue weighted by molar-refractivity contribution is 5.98. The van der Waals surface area contributed by atoms with Gasteiger partial charge in [0.25, 0.3) is 0 Å². The van der Waals surface area contributed by atoms with Gasteiger partial charge in [-0.05, 0) is 36.8 Å². The lowest BCUT2D eigenvalue weighted by atomic mass is 10.1. The second kappa shape index (κ2) is 8.62. The summed E-state index contributed by atoms with van der Waals surface area (Å²) in [4.78, 5) is 19.9. The van der Waals surface area contributed by atoms with Gasteiger partial charge < -0.3 is 18.9 Å². The number of imidazole rings is 1. The van der Waals surface area contributed by atoms with Crippen molar-refractivity contribution >= 4 is 22.6 Å². The highest BCUT2D eigenvalue weighted by atomic mass is 16.5. The third-order valence-corrected chi connectivity index (χ3v) is 6.31. The Hall–Kier alpha value is -3.80. The number of aromatic nitrogens is 2. The van der Waals surface area contributed by atoms with Crippen molar-refractivity contribution in [1.82, 2.24) is 9.55 Å². The van der Waals surface area contributed by atoms with E-state index in [-0.39, 0.29) is 11.8 Å². The molecule has 1 amide bonds. The Morgan fingerprint density at radius 3 is 2.55 bits per heavy atom. The Bertz CT molecular complexity index is 1310. The van der Waals surface area contributed by atoms with Crippen LogP contribution in [0.3, 0.4) is 0 Å². The standard InChI is InChI=1S/C27H27N3O3/c1-18-8-10-19(11-9-18)16-30-23-7-5-4-6-22(23)28-27(30)20-14-26(31)29(17-20)24-15-21(32-2)12-13-25(24)33-3/h4-13,15,20H,14,16-17H2,1-3H3/t20-/m1/s1. The van der Waals surface area contributed by atoms with Gasteiger partial charge in [-0.15, -0.1) is 0 Å². The molecule has 6 nitrogen and oxygen atoms in total. The van der Waals surface area contributed by atoms with Gasteiger partial charge in [0, 0.05) is 31.5 Å². The zero-order chi connectivity index (χ0) is 22.9. The molecule has 0 spiro atoms. The summed E-state index contributed by atoms with van der Waals surface area (Å²) in [5.74, 6) is 2.31. The maximum atomic E-state index is 13.1. The molecule has 0 N–H and O–H groups in total. The molecular formula is C27H27N3O3. The van der Waals surface area contributed by atoms with Crippen molar-refractivity contribution in [2.24, 2.45) is 0 Å². The fourth-order valence-corrected chi connectivity index (χ4v) is 4.57. The maximum absolute atomic E-state index is 13.1. The molecule has 1 atom stereocenters. The number of fused-ring (bicyclic) bond motifs is 1. The van der Waals surface area contributed by atoms with Gasteiger partial charge in [-0.2, -0.15) is 0 Å². The minimum Gasteiger partial charge on any atom is -0.497 e. The predicted octanol–water partition coefficient (Wildman–Crippen LogP) is 4.93. The fraction of sp³-hybridized carbons (Fsp3) is 0.259. The van der Waals surface area contributed by atoms with Crippen LogP contribution in [0.5, 0.6) is 11.5 Å². The maximum Gasteiger partial charge on any atom is 0.227 e. The summed E-state index contributed by atoms with van der Waals surface area (Å²) in [6.45, 7) is 3.34. The third-order valence-electron chi connectivity index (χ3n) is 6.31. The zero-order valence-corrected chi connectivity index (χ0v) is 19.1. The van der Waals surface area contributed by atoms with Crippen molar-refractivity contribution in [2.45, 2.75) is 25.8 Å². The Kier molecular flexibility index (Phi) is 5.50. The highest BCUT2D eigenvalue weighted by Crippen LogP contribution is 2.39. The van der Waals surface area contributed by atoms with E-state index in [1.807, 2.05) is 36.4 Å². The molecule has 3 aromatic carbocycles. The van der Waals surface area contributed by atoms with Gasteiger partial charge in [-0.3, -0.25) is 4.79 Å². The molecule has 4 aromatic rings. The minimum atomic E-state index is -0.0220. The van der Waals surface area contributed by atoms with Crippen molar-refractivity contribution in [3.05, 3.63) is 83.7 Å². The lowest BCUT2D eigenvalue weighted by molar-refractivity contribution is -0.117. The number of carbonyl (C=O) groups excluding carboxylic acids is 1. The number of para-hydroxylation sites is 2. The number of rotatable bonds is 6. The van der Waals surface area contributed by atoms with Gasteiger partial charge in [0.05, 0.1) is 30.9 Å². The van der Waals surface area contributed by atoms with Crippen LogP contribution in [0.15, 0.2) is 66.7 Å². The number of nitrogens with zero attached hydrogens (tertiary/aromatic N) is 3. The summed E-state index contributed by atoms with van der Waals surface area (Å²) >= 11 is 0. The van der Waals surface area contributed by atoms with E-state index in [1.165, 1.54) is 11.1 Å². The van der Waals surface area contributed by atoms with Crippen LogP contribution in [-0.4, -0.2) is 36.2 Å². The monoisotopic (exact) mass is 441 g/mol. The smallest absolute Gasteiger partial charge is 0.227 e. The summed E-state index contributed by atoms with van der Waals surface area (Å²) in [5, 5.41) is 0. The Morgan fingerprint density at radius 1 is 1.00 bits per heavy atom. The molecule has 1 aromatic heterocycles. The predicted molar refractivity (Wildman–Crippen MR) is 129 cm³/mol. The molecule has 0 saturated carbocycles. The summed E-state index contributed by atoms with van der Waals surface area (Å²) < 4.78 is 13.2. The number of hydrogen-bond donors (Lipinski definition) is 0. The van der Waals surface area contributed by atoms with Crippen molar-refractivity contribution in [1.29, 1.82) is 0 Å². The molecule has 0 aliphatic carbocycles. The second-order valence-corrected chi connectivity index (χ2v) is 8.47. The van der Waals surface area contributed by atoms with Gasteiger partial charge in [0.2, 0.25) is 5.91 Å². The SMILES string of the molecule is COc1ccc(OC)c(N2C[C@H](c3nc4ccccc4n3Cc3ccc(C)cc3)CC2=O)c1. The van der Waals surface area contributed by atoms with E-state index in [0.29, 0.717) is 31.0 Å². The average molecular weight is 442 g/mol. The van der Waals surface area contributed by atoms with Crippen molar-refractivity contribution < 1.29 is 14.3 Å². The largest absolute Gasteiger partial charge is 0.497 e. The summed E-state index contributed by atoms with van der Waals surface area (Å²) in [6.07, 6.45) is 0.400. The molecule has 1 aliphatic rings. The van der Waals surface area contributed by atoms with E-state index in [2.05, 4.69) is 41.8 Å². The van der Waals surface area contributed by atoms with Crippen LogP contribution in [0.1, 0.15) is 29.3 Å². The van der Waals surface area contributed by atoms with Gasteiger partial charge in [-0.1, -0.05) is 42.0 Å². The first-order valence-corrected chi connectivity index (χ1v) is 11.1. The van der Waals surface area contributed by atoms with Crippen LogP contribution in [0.4, 0.5) is 5.69 Å². The molecule has 33 heavy (non-hydrogen) atoms. The molecule has 6 heteroatoms. The summed E-state index contributed by atoms with van der Waals surface area (Å²) in [6, 6.07) is 22.3. The molecule has 5 rings (SSSR count). The number of ether oxygens (including phenoxy) is 2. The van der Waals surface area contributed by atoms with Crippen LogP contribution in [0.25, 0.3) is 11.0 Å². The van der Waals surface area contributed by atoms with E-state index in [1.54, 1.807) is 19.1 Å². The first-order valence-electron chi connectivity index (χ1n) is 11.1. The molecule has 2 heterocycles. The molecule has 168 valence electrons. The first-order chi connectivity index (χ1) is 16.1. The third kappa shape index (κ3) is 3.93. The van der Waals surface area contributed by atoms with Crippen LogP contribution in [0.2, 0.25) is 0 Å². The van der Waals surface area contributed by atoms with Crippen molar-refractivity contribution in [3.63, 3.8) is 0 Å². The van der Waals surface area contributed by atoms with E-state index in [4.69, 9.17) is 14.5 Å². The topological polar surface area (TPSA) is 56.6 Å². The normalized spacial score (nSPS) is 15.9. The number of methoxy groups -OCH3 is 2. The number of aryl methyl sites for hydroxylation is 1. The molecule has 0 radical (unpaired) electrons. The van der Waals surface area contributed by atoms with Crippen LogP contribution in [-0.2, 0) is 11.3 Å². The first kappa shape index (κ1) is 21.1. The van der Waals surface area contributed by atoms with Gasteiger partial charge in [0.15, 0.2) is 0 Å². The van der Waals surface area contributed by atoms with Crippen LogP contribution in [0, 0.1) is 6.92 Å². The number of benzene rings is 3. The number of anilines is 1. The van der Waals surface area contributed by atoms with Crippen molar-refractivity contribution in [3.8, 4) is 11.5 Å². The second-order valence-electron chi connectivity index (χ2n) is 8.47. The Labute approximate surface area is 193 Å². The summed E-state index contributed by atoms with van der Waals surface area (Å²) in [5.41, 5.74) is 5.20. The molecule has 1 aliphatic heterocycles. The number of carbonyl (C=O) groups is 1. The number of hydrogen-bond acceptors (Lipinski definition) is 4. The van der Waals surface area contributed by atoms with E-state index in [0.717, 1.165) is 22.5 Å². The molecule has 1 saturated heterocycles. The van der Waals surface area contributed by atoms with Gasteiger partial charge in [-0.25, -0.2) is 4.98 Å². The van der Waals surface area contributed by atoms with E-state index < -0.39 is 0 Å². The van der Waals surface area contributed by atoms with Gasteiger partial charge >= 0.3 is 0 Å². The summed E-state index contributed by atoms with van der Waals surface area (Å²) in [7, 11) is 3.23. The van der Waals surface area contributed by atoms with E-state index >= 15 is 0 Å². The highest BCUT2D eigenvalue weighted by Gasteiger charge is 2.36.